The maximum atomic E-state index is 13.8. The predicted octanol–water partition coefficient (Wildman–Crippen LogP) is 4.38. The lowest BCUT2D eigenvalue weighted by Gasteiger charge is -2.33. The van der Waals surface area contributed by atoms with Crippen LogP contribution in [-0.4, -0.2) is 167 Å². The van der Waals surface area contributed by atoms with E-state index >= 15 is 0 Å². The molecule has 1 saturated carbocycles. The fourth-order valence-corrected chi connectivity index (χ4v) is 11.3. The number of hydrogen-bond acceptors (Lipinski definition) is 15. The number of imide groups is 1. The number of aliphatic hydroxyl groups is 1. The van der Waals surface area contributed by atoms with E-state index in [1.165, 1.54) is 0 Å². The largest absolute Gasteiger partial charge is 0.393 e. The Morgan fingerprint density at radius 2 is 1.50 bits per heavy atom. The van der Waals surface area contributed by atoms with E-state index < -0.39 is 27.8 Å². The van der Waals surface area contributed by atoms with Gasteiger partial charge in [0.25, 0.3) is 0 Å². The maximum Gasteiger partial charge on any atom is 0.243 e. The van der Waals surface area contributed by atoms with Crippen LogP contribution in [0.1, 0.15) is 75.8 Å². The van der Waals surface area contributed by atoms with Gasteiger partial charge in [-0.05, 0) is 67.9 Å². The number of sulfonamides is 1. The summed E-state index contributed by atoms with van der Waals surface area (Å²) in [5.74, 6) is -1.44. The normalized spacial score (nSPS) is 21.4. The topological polar surface area (TPSA) is 219 Å². The number of nitrogens with zero attached hydrogens (tertiary/aromatic N) is 6. The number of piperidine rings is 1. The number of likely N-dealkylation sites (N-methyl/N-ethyl adjacent to an activating group) is 1. The fraction of sp³-hybridized carbons (Fsp3) is 0.580. The van der Waals surface area contributed by atoms with E-state index in [-0.39, 0.29) is 35.3 Å². The number of ether oxygens (including phenoxy) is 4. The van der Waals surface area contributed by atoms with Gasteiger partial charge in [-0.2, -0.15) is 9.29 Å². The predicted molar refractivity (Wildman–Crippen MR) is 265 cm³/mol. The molecule has 4 aliphatic rings. The highest BCUT2D eigenvalue weighted by atomic mass is 32.2. The molecule has 4 N–H and O–H groups in total. The van der Waals surface area contributed by atoms with Crippen LogP contribution >= 0.6 is 0 Å². The average molecular weight is 988 g/mol. The molecule has 2 aromatic heterocycles. The first-order valence-corrected chi connectivity index (χ1v) is 26.4. The summed E-state index contributed by atoms with van der Waals surface area (Å²) < 4.78 is 54.1. The van der Waals surface area contributed by atoms with E-state index in [1.807, 2.05) is 36.5 Å². The van der Waals surface area contributed by atoms with E-state index in [1.54, 1.807) is 28.4 Å². The van der Waals surface area contributed by atoms with Crippen molar-refractivity contribution < 1.29 is 46.9 Å². The number of fused-ring (bicyclic) bond motifs is 2. The molecule has 3 amide bonds. The summed E-state index contributed by atoms with van der Waals surface area (Å²) in [4.78, 5) is 51.1. The van der Waals surface area contributed by atoms with Crippen molar-refractivity contribution in [3.63, 3.8) is 0 Å². The highest BCUT2D eigenvalue weighted by molar-refractivity contribution is 7.89. The molecular formula is C50H69N9O10S. The van der Waals surface area contributed by atoms with Crippen LogP contribution in [0.2, 0.25) is 0 Å². The molecule has 19 nitrogen and oxygen atoms in total. The third-order valence-corrected chi connectivity index (χ3v) is 15.7. The Labute approximate surface area is 410 Å². The molecule has 2 atom stereocenters. The number of piperazine rings is 1. The molecule has 0 spiro atoms. The summed E-state index contributed by atoms with van der Waals surface area (Å²) in [7, 11) is -1.97. The molecule has 70 heavy (non-hydrogen) atoms. The number of nitrogens with one attached hydrogen (secondary N) is 3. The standard InChI is InChI=1S/C50H69N9O10S/c1-3-4-18-52-50-53-33-41-42(34-59(47(41)55-50)36-10-12-37(60)13-11-36)35-8-14-38(15-9-35)70(64,65)58-22-20-57(21-23-58)24-26-67-28-30-69-32-31-68-29-27-66-25-19-51-43-7-5-6-39-45(49(63)56(2)46(39)43)40-16-17-44(61)54-48(40)62/h5-9,14-15,33-34,36-37,40,45,51,60H,3-4,10-13,16-32H2,1-2H3,(H,52,53,55)(H,54,61,62)/t36-,37-,40?,45?. The molecule has 380 valence electrons. The first-order valence-electron chi connectivity index (χ1n) is 24.9. The third kappa shape index (κ3) is 12.3. The van der Waals surface area contributed by atoms with Gasteiger partial charge in [0.1, 0.15) is 5.65 Å². The van der Waals surface area contributed by atoms with E-state index in [2.05, 4.69) is 43.5 Å². The van der Waals surface area contributed by atoms with Crippen LogP contribution in [0.4, 0.5) is 17.3 Å². The van der Waals surface area contributed by atoms with Crippen LogP contribution < -0.4 is 20.9 Å². The van der Waals surface area contributed by atoms with E-state index in [0.29, 0.717) is 104 Å². The molecule has 5 heterocycles. The van der Waals surface area contributed by atoms with Crippen LogP contribution in [0, 0.1) is 5.92 Å². The van der Waals surface area contributed by atoms with Crippen molar-refractivity contribution in [1.29, 1.82) is 0 Å². The van der Waals surface area contributed by atoms with Crippen molar-refractivity contribution in [2.45, 2.75) is 81.2 Å². The zero-order chi connectivity index (χ0) is 49.0. The molecule has 2 unspecified atom stereocenters. The lowest BCUT2D eigenvalue weighted by atomic mass is 9.81. The first kappa shape index (κ1) is 51.3. The summed E-state index contributed by atoms with van der Waals surface area (Å²) in [6.45, 7) is 9.71. The van der Waals surface area contributed by atoms with Gasteiger partial charge < -0.3 is 44.2 Å². The molecule has 20 heteroatoms. The highest BCUT2D eigenvalue weighted by Crippen LogP contribution is 2.46. The number of aromatic nitrogens is 3. The van der Waals surface area contributed by atoms with E-state index in [9.17, 15) is 27.9 Å². The molecule has 2 aromatic carbocycles. The van der Waals surface area contributed by atoms with Crippen LogP contribution in [-0.2, 0) is 43.4 Å². The average Bonchev–Trinajstić information content (AvgIpc) is 3.87. The van der Waals surface area contributed by atoms with Crippen molar-refractivity contribution in [1.82, 2.24) is 29.1 Å². The minimum absolute atomic E-state index is 0.153. The van der Waals surface area contributed by atoms with Gasteiger partial charge in [0.05, 0.1) is 87.1 Å². The number of unbranched alkanes of at least 4 members (excludes halogenated alkanes) is 1. The Morgan fingerprint density at radius 1 is 0.814 bits per heavy atom. The maximum absolute atomic E-state index is 13.8. The number of anilines is 3. The lowest BCUT2D eigenvalue weighted by Crippen LogP contribution is -2.49. The zero-order valence-electron chi connectivity index (χ0n) is 40.5. The smallest absolute Gasteiger partial charge is 0.243 e. The monoisotopic (exact) mass is 987 g/mol. The summed E-state index contributed by atoms with van der Waals surface area (Å²) >= 11 is 0. The van der Waals surface area contributed by atoms with Crippen molar-refractivity contribution in [3.05, 3.63) is 60.4 Å². The zero-order valence-corrected chi connectivity index (χ0v) is 41.3. The number of aliphatic hydroxyl groups excluding tert-OH is 1. The van der Waals surface area contributed by atoms with Gasteiger partial charge in [-0.3, -0.25) is 24.6 Å². The molecular weight excluding hydrogens is 919 g/mol. The molecule has 3 aliphatic heterocycles. The minimum atomic E-state index is -3.68. The van der Waals surface area contributed by atoms with Crippen molar-refractivity contribution in [2.75, 3.05) is 121 Å². The van der Waals surface area contributed by atoms with Crippen molar-refractivity contribution in [2.24, 2.45) is 5.92 Å². The second-order valence-electron chi connectivity index (χ2n) is 18.4. The van der Waals surface area contributed by atoms with E-state index in [0.717, 1.165) is 84.2 Å². The SMILES string of the molecule is CCCCNc1ncc2c(-c3ccc(S(=O)(=O)N4CCN(CCOCCOCCOCCOCCNc5cccc6c5N(C)C(=O)C6C5CCC(=O)NC5=O)CC4)cc3)cn([C@H]3CC[C@H](O)CC3)c2n1. The molecule has 0 radical (unpaired) electrons. The number of rotatable bonds is 25. The molecule has 2 saturated heterocycles. The molecule has 8 rings (SSSR count). The Hall–Kier alpha value is -5.06. The fourth-order valence-electron chi connectivity index (χ4n) is 9.90. The van der Waals surface area contributed by atoms with Crippen LogP contribution in [0.3, 0.4) is 0 Å². The van der Waals surface area contributed by atoms with Gasteiger partial charge in [-0.25, -0.2) is 13.4 Å². The van der Waals surface area contributed by atoms with Crippen LogP contribution in [0.5, 0.6) is 0 Å². The second-order valence-corrected chi connectivity index (χ2v) is 20.4. The van der Waals surface area contributed by atoms with E-state index in [4.69, 9.17) is 23.9 Å². The summed E-state index contributed by atoms with van der Waals surface area (Å²) in [5, 5.41) is 20.2. The number of benzene rings is 2. The van der Waals surface area contributed by atoms with Gasteiger partial charge in [-0.1, -0.05) is 37.6 Å². The van der Waals surface area contributed by atoms with Gasteiger partial charge in [0.2, 0.25) is 33.7 Å². The number of carbonyl (C=O) groups excluding carboxylic acids is 3. The number of para-hydroxylation sites is 1. The van der Waals surface area contributed by atoms with Gasteiger partial charge in [0.15, 0.2) is 0 Å². The van der Waals surface area contributed by atoms with Gasteiger partial charge in [0, 0.05) is 88.7 Å². The minimum Gasteiger partial charge on any atom is -0.393 e. The van der Waals surface area contributed by atoms with Gasteiger partial charge >= 0.3 is 0 Å². The summed E-state index contributed by atoms with van der Waals surface area (Å²) in [6.07, 6.45) is 9.61. The van der Waals surface area contributed by atoms with Gasteiger partial charge in [-0.15, -0.1) is 0 Å². The quantitative estimate of drug-likeness (QED) is 0.0535. The van der Waals surface area contributed by atoms with Crippen LogP contribution in [0.25, 0.3) is 22.2 Å². The van der Waals surface area contributed by atoms with Crippen molar-refractivity contribution in [3.8, 4) is 11.1 Å². The summed E-state index contributed by atoms with van der Waals surface area (Å²) in [6, 6.07) is 13.0. The summed E-state index contributed by atoms with van der Waals surface area (Å²) in [5.41, 5.74) is 5.01. The Balaban J connectivity index is 0.678. The number of amides is 3. The lowest BCUT2D eigenvalue weighted by molar-refractivity contribution is -0.139. The number of carbonyl (C=O) groups is 3. The molecule has 3 fully saturated rings. The van der Waals surface area contributed by atoms with Crippen molar-refractivity contribution >= 4 is 56.1 Å². The highest BCUT2D eigenvalue weighted by Gasteiger charge is 2.46. The first-order chi connectivity index (χ1) is 34.0. The third-order valence-electron chi connectivity index (χ3n) is 13.8. The molecule has 0 bridgehead atoms. The Bertz CT molecular complexity index is 2510. The molecule has 4 aromatic rings. The van der Waals surface area contributed by atoms with Crippen LogP contribution in [0.15, 0.2) is 59.8 Å². The molecule has 1 aliphatic carbocycles. The second kappa shape index (κ2) is 24.4. The Kier molecular flexibility index (Phi) is 17.9. The Morgan fingerprint density at radius 3 is 2.19 bits per heavy atom. The number of hydrogen-bond donors (Lipinski definition) is 4.